The standard InChI is InChI=1S/C19H21NS/c1-15(20-13-5-8-17-9-6-14-21-17)18-12-11-16-7-3-2-4-10-19(16)18/h2-4,6-7,9-12,14-15,20H,5,8,13H2,1H3. The van der Waals surface area contributed by atoms with E-state index >= 15 is 0 Å². The minimum atomic E-state index is 0.397. The third kappa shape index (κ3) is 3.52. The zero-order valence-electron chi connectivity index (χ0n) is 12.4. The fourth-order valence-corrected chi connectivity index (χ4v) is 3.51. The fraction of sp³-hybridized carbons (Fsp3) is 0.263. The largest absolute Gasteiger partial charge is 0.310 e. The van der Waals surface area contributed by atoms with Crippen molar-refractivity contribution in [1.29, 1.82) is 0 Å². The van der Waals surface area contributed by atoms with Gasteiger partial charge >= 0.3 is 0 Å². The molecule has 0 radical (unpaired) electrons. The molecule has 0 amide bonds. The maximum absolute atomic E-state index is 3.65. The van der Waals surface area contributed by atoms with Crippen molar-refractivity contribution in [3.8, 4) is 11.1 Å². The molecule has 2 aliphatic carbocycles. The maximum atomic E-state index is 3.65. The van der Waals surface area contributed by atoms with Crippen LogP contribution in [0.4, 0.5) is 0 Å². The molecule has 2 heteroatoms. The molecular formula is C19H21NS. The van der Waals surface area contributed by atoms with Crippen LogP contribution >= 0.6 is 11.3 Å². The number of rotatable bonds is 6. The van der Waals surface area contributed by atoms with Crippen molar-refractivity contribution in [1.82, 2.24) is 5.32 Å². The smallest absolute Gasteiger partial charge is 0.0297 e. The summed E-state index contributed by atoms with van der Waals surface area (Å²) in [6.45, 7) is 3.32. The zero-order valence-corrected chi connectivity index (χ0v) is 13.2. The van der Waals surface area contributed by atoms with Crippen molar-refractivity contribution >= 4 is 11.3 Å². The Morgan fingerprint density at radius 3 is 2.76 bits per heavy atom. The van der Waals surface area contributed by atoms with Gasteiger partial charge in [-0.1, -0.05) is 48.5 Å². The monoisotopic (exact) mass is 295 g/mol. The lowest BCUT2D eigenvalue weighted by Gasteiger charge is -2.14. The summed E-state index contributed by atoms with van der Waals surface area (Å²) >= 11 is 1.85. The number of nitrogens with one attached hydrogen (secondary N) is 1. The van der Waals surface area contributed by atoms with E-state index in [1.165, 1.54) is 34.4 Å². The van der Waals surface area contributed by atoms with Crippen LogP contribution in [0.5, 0.6) is 0 Å². The third-order valence-electron chi connectivity index (χ3n) is 3.92. The van der Waals surface area contributed by atoms with Gasteiger partial charge in [-0.05, 0) is 54.4 Å². The van der Waals surface area contributed by atoms with Crippen LogP contribution in [0, 0.1) is 0 Å². The minimum absolute atomic E-state index is 0.397. The Morgan fingerprint density at radius 2 is 1.90 bits per heavy atom. The SMILES string of the molecule is CC(NCCCc1cccs1)c1ccc2cccccc1-2. The predicted molar refractivity (Wildman–Crippen MR) is 92.1 cm³/mol. The van der Waals surface area contributed by atoms with Crippen LogP contribution in [-0.4, -0.2) is 6.54 Å². The van der Waals surface area contributed by atoms with Crippen molar-refractivity contribution in [2.24, 2.45) is 0 Å². The molecule has 1 aromatic rings. The second-order valence-electron chi connectivity index (χ2n) is 5.43. The molecule has 2 aliphatic rings. The van der Waals surface area contributed by atoms with Gasteiger partial charge in [0.15, 0.2) is 0 Å². The first-order valence-corrected chi connectivity index (χ1v) is 8.46. The van der Waals surface area contributed by atoms with E-state index < -0.39 is 0 Å². The average molecular weight is 295 g/mol. The molecule has 1 unspecified atom stereocenters. The van der Waals surface area contributed by atoms with Crippen LogP contribution in [0.25, 0.3) is 11.1 Å². The molecule has 3 rings (SSSR count). The zero-order chi connectivity index (χ0) is 14.5. The second kappa shape index (κ2) is 6.88. The van der Waals surface area contributed by atoms with Gasteiger partial charge < -0.3 is 5.32 Å². The third-order valence-corrected chi connectivity index (χ3v) is 4.86. The summed E-state index contributed by atoms with van der Waals surface area (Å²) in [5, 5.41) is 5.81. The van der Waals surface area contributed by atoms with Crippen LogP contribution in [0.3, 0.4) is 0 Å². The summed E-state index contributed by atoms with van der Waals surface area (Å²) in [4.78, 5) is 1.48. The first-order chi connectivity index (χ1) is 10.3. The van der Waals surface area contributed by atoms with Gasteiger partial charge in [0, 0.05) is 10.9 Å². The summed E-state index contributed by atoms with van der Waals surface area (Å²) < 4.78 is 0. The van der Waals surface area contributed by atoms with E-state index in [1.54, 1.807) is 0 Å². The highest BCUT2D eigenvalue weighted by molar-refractivity contribution is 7.09. The summed E-state index contributed by atoms with van der Waals surface area (Å²) in [5.74, 6) is 0. The van der Waals surface area contributed by atoms with Crippen LogP contribution in [-0.2, 0) is 6.42 Å². The van der Waals surface area contributed by atoms with Crippen molar-refractivity contribution in [2.75, 3.05) is 6.54 Å². The molecule has 1 nitrogen and oxygen atoms in total. The Balaban J connectivity index is 1.56. The van der Waals surface area contributed by atoms with Gasteiger partial charge in [0.25, 0.3) is 0 Å². The Hall–Kier alpha value is -1.64. The molecule has 0 fully saturated rings. The summed E-state index contributed by atoms with van der Waals surface area (Å²) in [6, 6.07) is 19.9. The van der Waals surface area contributed by atoms with E-state index in [0.29, 0.717) is 6.04 Å². The quantitative estimate of drug-likeness (QED) is 0.621. The van der Waals surface area contributed by atoms with E-state index in [4.69, 9.17) is 0 Å². The maximum Gasteiger partial charge on any atom is 0.0297 e. The van der Waals surface area contributed by atoms with Crippen molar-refractivity contribution in [2.45, 2.75) is 25.8 Å². The average Bonchev–Trinajstić information content (AvgIpc) is 3.09. The van der Waals surface area contributed by atoms with Crippen LogP contribution in [0.15, 0.2) is 60.0 Å². The summed E-state index contributed by atoms with van der Waals surface area (Å²) in [6.07, 6.45) is 2.37. The van der Waals surface area contributed by atoms with Gasteiger partial charge in [-0.25, -0.2) is 0 Å². The molecule has 0 aliphatic heterocycles. The fourth-order valence-electron chi connectivity index (χ4n) is 2.76. The molecule has 1 N–H and O–H groups in total. The molecule has 108 valence electrons. The lowest BCUT2D eigenvalue weighted by molar-refractivity contribution is 0.561. The minimum Gasteiger partial charge on any atom is -0.310 e. The predicted octanol–water partition coefficient (Wildman–Crippen LogP) is 5.14. The highest BCUT2D eigenvalue weighted by atomic mass is 32.1. The van der Waals surface area contributed by atoms with E-state index in [9.17, 15) is 0 Å². The topological polar surface area (TPSA) is 12.0 Å². The van der Waals surface area contributed by atoms with Crippen molar-refractivity contribution in [3.05, 3.63) is 70.4 Å². The van der Waals surface area contributed by atoms with Gasteiger partial charge in [0.1, 0.15) is 0 Å². The number of aryl methyl sites for hydroxylation is 1. The first kappa shape index (κ1) is 14.3. The Kier molecular flexibility index (Phi) is 4.69. The molecule has 21 heavy (non-hydrogen) atoms. The van der Waals surface area contributed by atoms with Crippen LogP contribution in [0.2, 0.25) is 0 Å². The molecule has 1 heterocycles. The normalized spacial score (nSPS) is 12.6. The first-order valence-electron chi connectivity index (χ1n) is 7.58. The van der Waals surface area contributed by atoms with Gasteiger partial charge in [-0.15, -0.1) is 11.3 Å². The van der Waals surface area contributed by atoms with Gasteiger partial charge in [-0.2, -0.15) is 0 Å². The molecule has 0 bridgehead atoms. The van der Waals surface area contributed by atoms with Gasteiger partial charge in [0.2, 0.25) is 0 Å². The highest BCUT2D eigenvalue weighted by Crippen LogP contribution is 2.31. The van der Waals surface area contributed by atoms with E-state index in [2.05, 4.69) is 72.2 Å². The van der Waals surface area contributed by atoms with Crippen LogP contribution < -0.4 is 5.32 Å². The Labute approximate surface area is 131 Å². The van der Waals surface area contributed by atoms with E-state index in [0.717, 1.165) is 6.54 Å². The molecule has 1 atom stereocenters. The van der Waals surface area contributed by atoms with Crippen LogP contribution in [0.1, 0.15) is 29.8 Å². The number of hydrogen-bond donors (Lipinski definition) is 1. The molecule has 1 aromatic heterocycles. The number of hydrogen-bond acceptors (Lipinski definition) is 2. The van der Waals surface area contributed by atoms with E-state index in [-0.39, 0.29) is 0 Å². The lowest BCUT2D eigenvalue weighted by atomic mass is 10.0. The Morgan fingerprint density at radius 1 is 1.00 bits per heavy atom. The highest BCUT2D eigenvalue weighted by Gasteiger charge is 2.13. The van der Waals surface area contributed by atoms with Gasteiger partial charge in [0.05, 0.1) is 0 Å². The van der Waals surface area contributed by atoms with Gasteiger partial charge in [-0.3, -0.25) is 0 Å². The summed E-state index contributed by atoms with van der Waals surface area (Å²) in [5.41, 5.74) is 4.08. The number of thiophene rings is 1. The molecule has 0 saturated heterocycles. The van der Waals surface area contributed by atoms with Crippen molar-refractivity contribution in [3.63, 3.8) is 0 Å². The number of fused-ring (bicyclic) bond motifs is 1. The molecule has 0 spiro atoms. The van der Waals surface area contributed by atoms with Crippen molar-refractivity contribution < 1.29 is 0 Å². The molecule has 0 aromatic carbocycles. The molecule has 0 saturated carbocycles. The Bertz CT molecular complexity index is 644. The molecular weight excluding hydrogens is 274 g/mol. The summed E-state index contributed by atoms with van der Waals surface area (Å²) in [7, 11) is 0. The lowest BCUT2D eigenvalue weighted by Crippen LogP contribution is -2.20. The second-order valence-corrected chi connectivity index (χ2v) is 6.46. The van der Waals surface area contributed by atoms with E-state index in [1.807, 2.05) is 11.3 Å².